The molecule has 0 radical (unpaired) electrons. The van der Waals surface area contributed by atoms with Crippen molar-refractivity contribution in [3.63, 3.8) is 0 Å². The normalized spacial score (nSPS) is 25.4. The van der Waals surface area contributed by atoms with E-state index in [-0.39, 0.29) is 12.1 Å². The molecule has 0 saturated carbocycles. The van der Waals surface area contributed by atoms with Crippen LogP contribution in [0, 0.1) is 0 Å². The lowest BCUT2D eigenvalue weighted by Crippen LogP contribution is -2.63. The van der Waals surface area contributed by atoms with Gasteiger partial charge in [-0.1, -0.05) is 153 Å². The van der Waals surface area contributed by atoms with Gasteiger partial charge in [0.25, 0.3) is 0 Å². The third-order valence-electron chi connectivity index (χ3n) is 16.8. The summed E-state index contributed by atoms with van der Waals surface area (Å²) in [5, 5.41) is 0.666. The van der Waals surface area contributed by atoms with Gasteiger partial charge in [0, 0.05) is 66.5 Å². The summed E-state index contributed by atoms with van der Waals surface area (Å²) in [5.41, 5.74) is 23.9. The second kappa shape index (κ2) is 14.7. The van der Waals surface area contributed by atoms with Gasteiger partial charge in [-0.25, -0.2) is 0 Å². The van der Waals surface area contributed by atoms with Crippen LogP contribution in [0.3, 0.4) is 0 Å². The first-order valence-corrected chi connectivity index (χ1v) is 26.4. The van der Waals surface area contributed by atoms with Gasteiger partial charge >= 0.3 is 0 Å². The Morgan fingerprint density at radius 2 is 0.851 bits per heavy atom. The zero-order chi connectivity index (χ0) is 44.1. The molecule has 0 amide bonds. The predicted octanol–water partition coefficient (Wildman–Crippen LogP) is 15.3. The molecule has 4 aliphatic heterocycles. The monoisotopic (exact) mass is 896 g/mol. The average Bonchev–Trinajstić information content (AvgIpc) is 3.96. The number of hydrogen-bond acceptors (Lipinski definition) is 4. The molecule has 67 heavy (non-hydrogen) atoms. The minimum Gasteiger partial charge on any atom is -0.334 e. The summed E-state index contributed by atoms with van der Waals surface area (Å²) < 4.78 is 0. The Labute approximate surface area is 403 Å². The summed E-state index contributed by atoms with van der Waals surface area (Å²) in [4.78, 5) is 8.52. The van der Waals surface area contributed by atoms with Crippen molar-refractivity contribution in [3.05, 3.63) is 233 Å². The fraction of sp³-hybridized carbons (Fsp3) is 0.194. The van der Waals surface area contributed by atoms with Gasteiger partial charge in [0.15, 0.2) is 0 Å². The van der Waals surface area contributed by atoms with Crippen LogP contribution >= 0.6 is 23.5 Å². The van der Waals surface area contributed by atoms with Crippen molar-refractivity contribution in [2.24, 2.45) is 0 Å². The van der Waals surface area contributed by atoms with Crippen molar-refractivity contribution in [2.45, 2.75) is 82.5 Å². The fourth-order valence-electron chi connectivity index (χ4n) is 13.8. The van der Waals surface area contributed by atoms with Gasteiger partial charge in [-0.2, -0.15) is 0 Å². The smallest absolute Gasteiger partial charge is 0.215 e. The molecular weight excluding hydrogens is 848 g/mol. The molecular formula is C62H49BN2S2. The molecule has 4 heterocycles. The van der Waals surface area contributed by atoms with Crippen LogP contribution in [0.25, 0.3) is 22.3 Å². The van der Waals surface area contributed by atoms with E-state index in [1.165, 1.54) is 105 Å². The number of aryl methyl sites for hydroxylation is 2. The van der Waals surface area contributed by atoms with Gasteiger partial charge in [0.2, 0.25) is 6.71 Å². The van der Waals surface area contributed by atoms with Crippen molar-refractivity contribution < 1.29 is 0 Å². The lowest BCUT2D eigenvalue weighted by Gasteiger charge is -2.52. The van der Waals surface area contributed by atoms with Crippen LogP contribution in [0.2, 0.25) is 0 Å². The standard InChI is InChI=1S/C62H49BN2S2/c1-3-36-24-30-56-52(32-36)59-61(66-56)63-58-54(64(59)38-26-28-48-44-18-7-5-14-40(44)42-16-9-11-20-46(42)50(48)34-38)22-13-23-55(58)65(60-53-33-37(4-2)25-31-57(53)67-62(60)63)39-27-29-49-45-19-8-6-15-41(45)43-17-10-12-21-47(43)51(49)35-39/h5-35,42-43,46-47,59-62H,3-4H2,1-2H3. The summed E-state index contributed by atoms with van der Waals surface area (Å²) in [6, 6.07) is 55.8. The minimum absolute atomic E-state index is 0.195. The summed E-state index contributed by atoms with van der Waals surface area (Å²) >= 11 is 4.33. The highest BCUT2D eigenvalue weighted by atomic mass is 32.2. The number of benzene rings is 7. The molecule has 0 bridgehead atoms. The van der Waals surface area contributed by atoms with Crippen molar-refractivity contribution in [2.75, 3.05) is 9.80 Å². The zero-order valence-electron chi connectivity index (χ0n) is 37.7. The summed E-state index contributed by atoms with van der Waals surface area (Å²) in [7, 11) is 0. The Kier molecular flexibility index (Phi) is 8.53. The Balaban J connectivity index is 0.970. The van der Waals surface area contributed by atoms with Crippen LogP contribution in [-0.4, -0.2) is 17.0 Å². The van der Waals surface area contributed by atoms with Crippen molar-refractivity contribution in [3.8, 4) is 22.3 Å². The number of hydrogen-bond donors (Lipinski definition) is 0. The van der Waals surface area contributed by atoms with E-state index < -0.39 is 0 Å². The van der Waals surface area contributed by atoms with E-state index in [4.69, 9.17) is 0 Å². The summed E-state index contributed by atoms with van der Waals surface area (Å²) in [6.07, 6.45) is 20.9. The van der Waals surface area contributed by atoms with E-state index in [9.17, 15) is 0 Å². The Morgan fingerprint density at radius 3 is 1.31 bits per heavy atom. The van der Waals surface area contributed by atoms with Gasteiger partial charge in [0.05, 0.1) is 12.1 Å². The molecule has 8 aliphatic rings. The van der Waals surface area contributed by atoms with E-state index in [1.54, 1.807) is 0 Å². The third-order valence-corrected chi connectivity index (χ3v) is 19.7. The number of allylic oxidation sites excluding steroid dienone is 8. The SMILES string of the molecule is CCc1ccc2c(c1)C1C(S2)B2c3c(cccc3N(c3ccc4c(c3)C3C=CC=CC3c3ccccc3-4)C3c4cc(CC)ccc4SC23)N1c1ccc2c(c1)C1C=CC=CC1c1ccccc1-2. The predicted molar refractivity (Wildman–Crippen MR) is 284 cm³/mol. The van der Waals surface area contributed by atoms with E-state index in [0.29, 0.717) is 40.7 Å². The largest absolute Gasteiger partial charge is 0.334 e. The quantitative estimate of drug-likeness (QED) is 0.162. The highest BCUT2D eigenvalue weighted by Gasteiger charge is 2.60. The molecule has 7 aromatic carbocycles. The van der Waals surface area contributed by atoms with Gasteiger partial charge < -0.3 is 9.80 Å². The molecule has 7 aromatic rings. The second-order valence-electron chi connectivity index (χ2n) is 19.8. The van der Waals surface area contributed by atoms with Crippen molar-refractivity contribution in [1.29, 1.82) is 0 Å². The van der Waals surface area contributed by atoms with Gasteiger partial charge in [-0.3, -0.25) is 0 Å². The maximum absolute atomic E-state index is 2.81. The Morgan fingerprint density at radius 1 is 0.418 bits per heavy atom. The molecule has 322 valence electrons. The van der Waals surface area contributed by atoms with Crippen LogP contribution in [-0.2, 0) is 12.8 Å². The molecule has 15 rings (SSSR count). The molecule has 8 unspecified atom stereocenters. The molecule has 0 saturated heterocycles. The van der Waals surface area contributed by atoms with E-state index in [1.807, 2.05) is 0 Å². The van der Waals surface area contributed by atoms with E-state index in [0.717, 1.165) is 12.8 Å². The van der Waals surface area contributed by atoms with E-state index >= 15 is 0 Å². The number of rotatable bonds is 4. The lowest BCUT2D eigenvalue weighted by molar-refractivity contribution is 0.694. The van der Waals surface area contributed by atoms with Gasteiger partial charge in [0.1, 0.15) is 0 Å². The lowest BCUT2D eigenvalue weighted by atomic mass is 9.34. The minimum atomic E-state index is 0.195. The molecule has 2 nitrogen and oxygen atoms in total. The zero-order valence-corrected chi connectivity index (χ0v) is 39.4. The second-order valence-corrected chi connectivity index (χ2v) is 22.3. The Bertz CT molecular complexity index is 3180. The number of nitrogens with zero attached hydrogens (tertiary/aromatic N) is 2. The molecule has 0 N–H and O–H groups in total. The Hall–Kier alpha value is -6.14. The van der Waals surface area contributed by atoms with Gasteiger partial charge in [-0.15, -0.1) is 23.5 Å². The van der Waals surface area contributed by atoms with Crippen molar-refractivity contribution in [1.82, 2.24) is 0 Å². The molecule has 4 aliphatic carbocycles. The highest BCUT2D eigenvalue weighted by Crippen LogP contribution is 2.63. The first-order chi connectivity index (χ1) is 33.1. The third kappa shape index (κ3) is 5.45. The first kappa shape index (κ1) is 38.9. The first-order valence-electron chi connectivity index (χ1n) is 24.6. The molecule has 0 fully saturated rings. The molecule has 8 atom stereocenters. The molecule has 0 aromatic heterocycles. The van der Waals surface area contributed by atoms with Crippen LogP contribution < -0.4 is 15.3 Å². The molecule has 5 heteroatoms. The fourth-order valence-corrected chi connectivity index (χ4v) is 17.1. The van der Waals surface area contributed by atoms with Crippen LogP contribution in [0.1, 0.15) is 94.1 Å². The van der Waals surface area contributed by atoms with Crippen molar-refractivity contribution >= 4 is 58.4 Å². The topological polar surface area (TPSA) is 6.48 Å². The molecule has 0 spiro atoms. The van der Waals surface area contributed by atoms with E-state index in [2.05, 4.69) is 235 Å². The maximum atomic E-state index is 2.81. The average molecular weight is 897 g/mol. The maximum Gasteiger partial charge on any atom is 0.215 e. The number of anilines is 4. The summed E-state index contributed by atoms with van der Waals surface area (Å²) in [5.74, 6) is 1.27. The number of fused-ring (bicyclic) bond motifs is 20. The van der Waals surface area contributed by atoms with Crippen LogP contribution in [0.15, 0.2) is 198 Å². The van der Waals surface area contributed by atoms with Crippen LogP contribution in [0.4, 0.5) is 22.7 Å². The van der Waals surface area contributed by atoms with Gasteiger partial charge in [-0.05, 0) is 134 Å². The number of thioether (sulfide) groups is 2. The highest BCUT2D eigenvalue weighted by molar-refractivity contribution is 8.04. The van der Waals surface area contributed by atoms with Crippen LogP contribution in [0.5, 0.6) is 0 Å². The summed E-state index contributed by atoms with van der Waals surface area (Å²) in [6.45, 7) is 4.95.